The first-order valence-electron chi connectivity index (χ1n) is 3.83. The maximum Gasteiger partial charge on any atom is 0.0201 e. The van der Waals surface area contributed by atoms with Gasteiger partial charge in [0.15, 0.2) is 0 Å². The lowest BCUT2D eigenvalue weighted by Crippen LogP contribution is -2.14. The van der Waals surface area contributed by atoms with Crippen LogP contribution in [0.3, 0.4) is 0 Å². The molecular weight excluding hydrogens is 134 g/mol. The molecule has 0 aliphatic heterocycles. The molecule has 64 valence electrons. The first kappa shape index (κ1) is 12.8. The second kappa shape index (κ2) is 11.9. The van der Waals surface area contributed by atoms with Crippen LogP contribution in [0.4, 0.5) is 0 Å². The number of nitrogens with one attached hydrogen (secondary N) is 1. The molecule has 0 aliphatic rings. The maximum absolute atomic E-state index is 3.68. The molecule has 0 aliphatic carbocycles. The van der Waals surface area contributed by atoms with Gasteiger partial charge in [-0.15, -0.1) is 13.2 Å². The molecule has 1 N–H and O–H groups in total. The summed E-state index contributed by atoms with van der Waals surface area (Å²) < 4.78 is 0. The maximum atomic E-state index is 3.68. The van der Waals surface area contributed by atoms with Gasteiger partial charge in [0.2, 0.25) is 0 Å². The number of hydrogen-bond acceptors (Lipinski definition) is 1. The van der Waals surface area contributed by atoms with E-state index in [0.717, 1.165) is 13.1 Å². The molecule has 0 heterocycles. The van der Waals surface area contributed by atoms with Crippen LogP contribution in [0, 0.1) is 0 Å². The highest BCUT2D eigenvalue weighted by Crippen LogP contribution is 1.90. The molecule has 0 amide bonds. The van der Waals surface area contributed by atoms with Crippen LogP contribution in [0.2, 0.25) is 0 Å². The van der Waals surface area contributed by atoms with Gasteiger partial charge in [-0.05, 0) is 19.0 Å². The molecule has 1 nitrogen and oxygen atoms in total. The van der Waals surface area contributed by atoms with E-state index in [4.69, 9.17) is 0 Å². The average molecular weight is 153 g/mol. The van der Waals surface area contributed by atoms with Crippen LogP contribution in [0.1, 0.15) is 13.8 Å². The lowest BCUT2D eigenvalue weighted by molar-refractivity contribution is 0.784. The number of rotatable bonds is 4. The fraction of sp³-hybridized carbons (Fsp3) is 0.400. The van der Waals surface area contributed by atoms with Crippen LogP contribution < -0.4 is 5.32 Å². The van der Waals surface area contributed by atoms with E-state index < -0.39 is 0 Å². The smallest absolute Gasteiger partial charge is 0.0201 e. The Kier molecular flexibility index (Phi) is 13.9. The molecule has 0 aromatic rings. The lowest BCUT2D eigenvalue weighted by atomic mass is 10.2. The van der Waals surface area contributed by atoms with Crippen LogP contribution in [0.5, 0.6) is 0 Å². The quantitative estimate of drug-likeness (QED) is 0.483. The third kappa shape index (κ3) is 9.18. The normalized spacial score (nSPS) is 9.82. The SMILES string of the molecule is C=C.C=C/C(=C\C)CNCC. The molecule has 0 spiro atoms. The third-order valence-corrected chi connectivity index (χ3v) is 1.21. The topological polar surface area (TPSA) is 12.0 Å². The van der Waals surface area contributed by atoms with E-state index in [2.05, 4.69) is 38.1 Å². The van der Waals surface area contributed by atoms with Crippen LogP contribution >= 0.6 is 0 Å². The summed E-state index contributed by atoms with van der Waals surface area (Å²) in [5, 5.41) is 3.21. The molecule has 0 rings (SSSR count). The van der Waals surface area contributed by atoms with Crippen molar-refractivity contribution in [3.8, 4) is 0 Å². The van der Waals surface area contributed by atoms with Gasteiger partial charge in [0.1, 0.15) is 0 Å². The Hall–Kier alpha value is -0.820. The van der Waals surface area contributed by atoms with Crippen molar-refractivity contribution in [3.05, 3.63) is 37.5 Å². The average Bonchev–Trinajstić information content (AvgIpc) is 2.10. The molecule has 11 heavy (non-hydrogen) atoms. The Morgan fingerprint density at radius 3 is 2.27 bits per heavy atom. The van der Waals surface area contributed by atoms with Crippen molar-refractivity contribution in [1.82, 2.24) is 5.32 Å². The second-order valence-corrected chi connectivity index (χ2v) is 1.85. The van der Waals surface area contributed by atoms with Crippen molar-refractivity contribution >= 4 is 0 Å². The van der Waals surface area contributed by atoms with Crippen molar-refractivity contribution in [3.63, 3.8) is 0 Å². The molecular formula is C10H19N. The summed E-state index contributed by atoms with van der Waals surface area (Å²) in [7, 11) is 0. The third-order valence-electron chi connectivity index (χ3n) is 1.21. The van der Waals surface area contributed by atoms with Crippen LogP contribution in [0.15, 0.2) is 37.5 Å². The fourth-order valence-corrected chi connectivity index (χ4v) is 0.561. The summed E-state index contributed by atoms with van der Waals surface area (Å²) >= 11 is 0. The zero-order chi connectivity index (χ0) is 9.11. The molecule has 0 saturated heterocycles. The molecule has 0 atom stereocenters. The van der Waals surface area contributed by atoms with E-state index in [1.165, 1.54) is 5.57 Å². The molecule has 0 saturated carbocycles. The van der Waals surface area contributed by atoms with Crippen molar-refractivity contribution in [1.29, 1.82) is 0 Å². The Morgan fingerprint density at radius 1 is 1.45 bits per heavy atom. The first-order chi connectivity index (χ1) is 5.35. The highest BCUT2D eigenvalue weighted by Gasteiger charge is 1.84. The van der Waals surface area contributed by atoms with E-state index in [9.17, 15) is 0 Å². The first-order valence-corrected chi connectivity index (χ1v) is 3.83. The van der Waals surface area contributed by atoms with E-state index in [1.54, 1.807) is 0 Å². The van der Waals surface area contributed by atoms with Gasteiger partial charge in [0, 0.05) is 6.54 Å². The van der Waals surface area contributed by atoms with E-state index >= 15 is 0 Å². The monoisotopic (exact) mass is 153 g/mol. The highest BCUT2D eigenvalue weighted by atomic mass is 14.8. The van der Waals surface area contributed by atoms with Gasteiger partial charge in [-0.3, -0.25) is 0 Å². The molecule has 0 radical (unpaired) electrons. The summed E-state index contributed by atoms with van der Waals surface area (Å²) in [4.78, 5) is 0. The summed E-state index contributed by atoms with van der Waals surface area (Å²) in [6, 6.07) is 0. The van der Waals surface area contributed by atoms with E-state index in [0.29, 0.717) is 0 Å². The van der Waals surface area contributed by atoms with E-state index in [1.807, 2.05) is 13.0 Å². The molecule has 0 fully saturated rings. The Labute approximate surface area is 70.5 Å². The van der Waals surface area contributed by atoms with Gasteiger partial charge in [0.05, 0.1) is 0 Å². The predicted molar refractivity (Wildman–Crippen MR) is 53.8 cm³/mol. The number of likely N-dealkylation sites (N-methyl/N-ethyl adjacent to an activating group) is 1. The minimum Gasteiger partial charge on any atom is -0.313 e. The van der Waals surface area contributed by atoms with Crippen molar-refractivity contribution < 1.29 is 0 Å². The van der Waals surface area contributed by atoms with E-state index in [-0.39, 0.29) is 0 Å². The Bertz CT molecular complexity index is 114. The predicted octanol–water partition coefficient (Wildman–Crippen LogP) is 2.53. The van der Waals surface area contributed by atoms with Gasteiger partial charge in [0.25, 0.3) is 0 Å². The molecule has 0 unspecified atom stereocenters. The Morgan fingerprint density at radius 2 is 2.00 bits per heavy atom. The van der Waals surface area contributed by atoms with Gasteiger partial charge in [-0.25, -0.2) is 0 Å². The highest BCUT2D eigenvalue weighted by molar-refractivity contribution is 5.16. The van der Waals surface area contributed by atoms with Crippen LogP contribution in [0.25, 0.3) is 0 Å². The minimum absolute atomic E-state index is 0.941. The summed E-state index contributed by atoms with van der Waals surface area (Å²) in [5.74, 6) is 0. The molecule has 0 bridgehead atoms. The summed E-state index contributed by atoms with van der Waals surface area (Å²) in [6.45, 7) is 15.8. The van der Waals surface area contributed by atoms with Gasteiger partial charge < -0.3 is 5.32 Å². The van der Waals surface area contributed by atoms with Crippen molar-refractivity contribution in [2.45, 2.75) is 13.8 Å². The Balaban J connectivity index is 0. The molecule has 0 aromatic heterocycles. The fourth-order valence-electron chi connectivity index (χ4n) is 0.561. The summed E-state index contributed by atoms with van der Waals surface area (Å²) in [5.41, 5.74) is 1.26. The van der Waals surface area contributed by atoms with Crippen LogP contribution in [-0.2, 0) is 0 Å². The summed E-state index contributed by atoms with van der Waals surface area (Å²) in [6.07, 6.45) is 3.94. The minimum atomic E-state index is 0.941. The van der Waals surface area contributed by atoms with Crippen molar-refractivity contribution in [2.24, 2.45) is 0 Å². The molecule has 0 aromatic carbocycles. The standard InChI is InChI=1S/C8H15N.C2H4/c1-4-8(5-2)7-9-6-3;1-2/h4-5,9H,1,6-7H2,2-3H3;1-2H2/b8-5+;. The van der Waals surface area contributed by atoms with Gasteiger partial charge in [-0.1, -0.05) is 25.7 Å². The van der Waals surface area contributed by atoms with Crippen LogP contribution in [-0.4, -0.2) is 13.1 Å². The van der Waals surface area contributed by atoms with Gasteiger partial charge >= 0.3 is 0 Å². The largest absolute Gasteiger partial charge is 0.313 e. The zero-order valence-corrected chi connectivity index (χ0v) is 7.69. The second-order valence-electron chi connectivity index (χ2n) is 1.85. The number of allylic oxidation sites excluding steroid dienone is 1. The molecule has 1 heteroatoms. The van der Waals surface area contributed by atoms with Gasteiger partial charge in [-0.2, -0.15) is 0 Å². The number of hydrogen-bond donors (Lipinski definition) is 1. The van der Waals surface area contributed by atoms with Crippen molar-refractivity contribution in [2.75, 3.05) is 13.1 Å². The lowest BCUT2D eigenvalue weighted by Gasteiger charge is -1.99. The zero-order valence-electron chi connectivity index (χ0n) is 7.69.